The molecule has 0 N–H and O–H groups in total. The standard InChI is InChI=1S/C15H17NS/c1-2-7-13(8-3-1)14-9-4-5-11-16(14)15-10-6-12-17-15/h1-3,6-8,10,12,14H,4-5,9,11H2. The average Bonchev–Trinajstić information content (AvgIpc) is 2.94. The topological polar surface area (TPSA) is 3.24 Å². The van der Waals surface area contributed by atoms with Gasteiger partial charge in [0.1, 0.15) is 0 Å². The minimum atomic E-state index is 0.573. The Hall–Kier alpha value is -1.28. The molecular weight excluding hydrogens is 226 g/mol. The van der Waals surface area contributed by atoms with Crippen molar-refractivity contribution in [1.82, 2.24) is 0 Å². The van der Waals surface area contributed by atoms with E-state index in [1.807, 2.05) is 11.3 Å². The zero-order chi connectivity index (χ0) is 11.5. The molecule has 0 saturated carbocycles. The molecule has 17 heavy (non-hydrogen) atoms. The van der Waals surface area contributed by atoms with Crippen LogP contribution in [0.4, 0.5) is 5.00 Å². The van der Waals surface area contributed by atoms with Gasteiger partial charge < -0.3 is 4.90 Å². The van der Waals surface area contributed by atoms with Gasteiger partial charge in [-0.1, -0.05) is 30.3 Å². The van der Waals surface area contributed by atoms with Crippen LogP contribution in [-0.4, -0.2) is 6.54 Å². The van der Waals surface area contributed by atoms with Crippen molar-refractivity contribution in [2.75, 3.05) is 11.4 Å². The van der Waals surface area contributed by atoms with Crippen LogP contribution in [-0.2, 0) is 0 Å². The first-order valence-corrected chi connectivity index (χ1v) is 7.18. The maximum Gasteiger partial charge on any atom is 0.0913 e. The normalized spacial score (nSPS) is 20.5. The lowest BCUT2D eigenvalue weighted by Gasteiger charge is -2.36. The highest BCUT2D eigenvalue weighted by Gasteiger charge is 2.24. The fourth-order valence-electron chi connectivity index (χ4n) is 2.65. The van der Waals surface area contributed by atoms with E-state index in [0.717, 1.165) is 0 Å². The molecular formula is C15H17NS. The first-order chi connectivity index (χ1) is 8.45. The van der Waals surface area contributed by atoms with E-state index in [9.17, 15) is 0 Å². The van der Waals surface area contributed by atoms with Crippen LogP contribution in [0.25, 0.3) is 0 Å². The molecule has 0 bridgehead atoms. The van der Waals surface area contributed by atoms with E-state index < -0.39 is 0 Å². The summed E-state index contributed by atoms with van der Waals surface area (Å²) < 4.78 is 0. The van der Waals surface area contributed by atoms with E-state index in [2.05, 4.69) is 52.7 Å². The summed E-state index contributed by atoms with van der Waals surface area (Å²) in [5.74, 6) is 0. The molecule has 2 heterocycles. The minimum Gasteiger partial charge on any atom is -0.356 e. The molecule has 0 amide bonds. The lowest BCUT2D eigenvalue weighted by molar-refractivity contribution is 0.475. The number of thiophene rings is 1. The molecule has 1 saturated heterocycles. The van der Waals surface area contributed by atoms with Gasteiger partial charge in [-0.25, -0.2) is 0 Å². The smallest absolute Gasteiger partial charge is 0.0913 e. The second-order valence-electron chi connectivity index (χ2n) is 4.57. The Balaban J connectivity index is 1.91. The second-order valence-corrected chi connectivity index (χ2v) is 5.49. The maximum atomic E-state index is 2.57. The van der Waals surface area contributed by atoms with Crippen molar-refractivity contribution in [2.24, 2.45) is 0 Å². The van der Waals surface area contributed by atoms with Gasteiger partial charge in [-0.15, -0.1) is 11.3 Å². The highest BCUT2D eigenvalue weighted by Crippen LogP contribution is 2.36. The SMILES string of the molecule is c1ccc(C2CCCCN2c2cccs2)cc1. The Morgan fingerprint density at radius 3 is 2.65 bits per heavy atom. The first kappa shape index (κ1) is 10.8. The quantitative estimate of drug-likeness (QED) is 0.751. The fourth-order valence-corrected chi connectivity index (χ4v) is 3.46. The van der Waals surface area contributed by atoms with E-state index in [0.29, 0.717) is 6.04 Å². The predicted molar refractivity (Wildman–Crippen MR) is 74.7 cm³/mol. The van der Waals surface area contributed by atoms with Crippen molar-refractivity contribution in [2.45, 2.75) is 25.3 Å². The van der Waals surface area contributed by atoms with Crippen LogP contribution in [0.2, 0.25) is 0 Å². The van der Waals surface area contributed by atoms with Crippen molar-refractivity contribution in [3.63, 3.8) is 0 Å². The van der Waals surface area contributed by atoms with Gasteiger partial charge in [0.25, 0.3) is 0 Å². The zero-order valence-corrected chi connectivity index (χ0v) is 10.7. The van der Waals surface area contributed by atoms with E-state index in [-0.39, 0.29) is 0 Å². The van der Waals surface area contributed by atoms with Gasteiger partial charge in [0.15, 0.2) is 0 Å². The Morgan fingerprint density at radius 2 is 1.88 bits per heavy atom. The van der Waals surface area contributed by atoms with Crippen LogP contribution in [0.3, 0.4) is 0 Å². The minimum absolute atomic E-state index is 0.573. The molecule has 1 fully saturated rings. The molecule has 1 aromatic heterocycles. The Kier molecular flexibility index (Phi) is 3.14. The lowest BCUT2D eigenvalue weighted by atomic mass is 9.95. The van der Waals surface area contributed by atoms with Crippen LogP contribution >= 0.6 is 11.3 Å². The van der Waals surface area contributed by atoms with Crippen molar-refractivity contribution >= 4 is 16.3 Å². The van der Waals surface area contributed by atoms with Gasteiger partial charge in [-0.3, -0.25) is 0 Å². The lowest BCUT2D eigenvalue weighted by Crippen LogP contribution is -2.32. The highest BCUT2D eigenvalue weighted by atomic mass is 32.1. The van der Waals surface area contributed by atoms with Crippen molar-refractivity contribution in [1.29, 1.82) is 0 Å². The number of piperidine rings is 1. The number of benzene rings is 1. The number of nitrogens with zero attached hydrogens (tertiary/aromatic N) is 1. The van der Waals surface area contributed by atoms with Crippen LogP contribution in [0.15, 0.2) is 47.8 Å². The number of hydrogen-bond acceptors (Lipinski definition) is 2. The van der Waals surface area contributed by atoms with Gasteiger partial charge >= 0.3 is 0 Å². The summed E-state index contributed by atoms with van der Waals surface area (Å²) in [5, 5.41) is 3.59. The molecule has 1 unspecified atom stereocenters. The third-order valence-electron chi connectivity index (χ3n) is 3.48. The van der Waals surface area contributed by atoms with Crippen molar-refractivity contribution < 1.29 is 0 Å². The van der Waals surface area contributed by atoms with Gasteiger partial charge in [0, 0.05) is 6.54 Å². The molecule has 1 aromatic carbocycles. The van der Waals surface area contributed by atoms with Gasteiger partial charge in [-0.05, 0) is 42.3 Å². The first-order valence-electron chi connectivity index (χ1n) is 6.30. The van der Waals surface area contributed by atoms with Crippen LogP contribution in [0.1, 0.15) is 30.9 Å². The molecule has 0 spiro atoms. The second kappa shape index (κ2) is 4.92. The largest absolute Gasteiger partial charge is 0.356 e. The average molecular weight is 243 g/mol. The van der Waals surface area contributed by atoms with Gasteiger partial charge in [0.2, 0.25) is 0 Å². The van der Waals surface area contributed by atoms with Gasteiger partial charge in [0.05, 0.1) is 11.0 Å². The summed E-state index contributed by atoms with van der Waals surface area (Å²) in [6, 6.07) is 15.9. The molecule has 2 aromatic rings. The number of rotatable bonds is 2. The Morgan fingerprint density at radius 1 is 1.00 bits per heavy atom. The summed E-state index contributed by atoms with van der Waals surface area (Å²) in [5.41, 5.74) is 1.46. The molecule has 1 aliphatic rings. The molecule has 0 radical (unpaired) electrons. The van der Waals surface area contributed by atoms with Crippen molar-refractivity contribution in [3.05, 3.63) is 53.4 Å². The number of anilines is 1. The zero-order valence-electron chi connectivity index (χ0n) is 9.88. The summed E-state index contributed by atoms with van der Waals surface area (Å²) in [4.78, 5) is 2.57. The third-order valence-corrected chi connectivity index (χ3v) is 4.38. The third kappa shape index (κ3) is 2.22. The van der Waals surface area contributed by atoms with Crippen LogP contribution in [0.5, 0.6) is 0 Å². The molecule has 1 aliphatic heterocycles. The van der Waals surface area contributed by atoms with E-state index in [1.54, 1.807) is 0 Å². The number of hydrogen-bond donors (Lipinski definition) is 0. The molecule has 1 nitrogen and oxygen atoms in total. The maximum absolute atomic E-state index is 2.57. The Labute approximate surface area is 107 Å². The van der Waals surface area contributed by atoms with Crippen LogP contribution in [0, 0.1) is 0 Å². The molecule has 88 valence electrons. The van der Waals surface area contributed by atoms with E-state index in [1.165, 1.54) is 36.4 Å². The Bertz CT molecular complexity index is 449. The summed E-state index contributed by atoms with van der Waals surface area (Å²) >= 11 is 1.85. The fraction of sp³-hybridized carbons (Fsp3) is 0.333. The van der Waals surface area contributed by atoms with E-state index in [4.69, 9.17) is 0 Å². The monoisotopic (exact) mass is 243 g/mol. The molecule has 2 heteroatoms. The highest BCUT2D eigenvalue weighted by molar-refractivity contribution is 7.14. The molecule has 0 aliphatic carbocycles. The predicted octanol–water partition coefficient (Wildman–Crippen LogP) is 4.48. The van der Waals surface area contributed by atoms with Crippen LogP contribution < -0.4 is 4.90 Å². The summed E-state index contributed by atoms with van der Waals surface area (Å²) in [6.07, 6.45) is 3.95. The van der Waals surface area contributed by atoms with Gasteiger partial charge in [-0.2, -0.15) is 0 Å². The summed E-state index contributed by atoms with van der Waals surface area (Å²) in [6.45, 7) is 1.19. The molecule has 1 atom stereocenters. The van der Waals surface area contributed by atoms with E-state index >= 15 is 0 Å². The van der Waals surface area contributed by atoms with Crippen molar-refractivity contribution in [3.8, 4) is 0 Å². The molecule has 3 rings (SSSR count). The summed E-state index contributed by atoms with van der Waals surface area (Å²) in [7, 11) is 0.